The summed E-state index contributed by atoms with van der Waals surface area (Å²) in [6, 6.07) is 36.9. The molecule has 0 unspecified atom stereocenters. The van der Waals surface area contributed by atoms with Crippen molar-refractivity contribution in [1.29, 1.82) is 0 Å². The monoisotopic (exact) mass is 555 g/mol. The molecule has 0 radical (unpaired) electrons. The van der Waals surface area contributed by atoms with E-state index in [4.69, 9.17) is 6.58 Å². The zero-order valence-electron chi connectivity index (χ0n) is 24.9. The van der Waals surface area contributed by atoms with Crippen LogP contribution in [0.1, 0.15) is 20.8 Å². The first-order valence-corrected chi connectivity index (χ1v) is 14.9. The largest absolute Gasteiger partial charge is 0.312 e. The number of aromatic nitrogens is 1. The summed E-state index contributed by atoms with van der Waals surface area (Å²) in [5.41, 5.74) is 11.8. The summed E-state index contributed by atoms with van der Waals surface area (Å²) in [5.74, 6) is 1.17. The van der Waals surface area contributed by atoms with Crippen molar-refractivity contribution >= 4 is 51.4 Å². The van der Waals surface area contributed by atoms with Crippen LogP contribution in [-0.2, 0) is 0 Å². The molecule has 208 valence electrons. The first-order valence-electron chi connectivity index (χ1n) is 14.9. The highest BCUT2D eigenvalue weighted by Crippen LogP contribution is 2.46. The maximum atomic E-state index is 4.75. The lowest BCUT2D eigenvalue weighted by Crippen LogP contribution is -2.57. The van der Waals surface area contributed by atoms with Gasteiger partial charge in [-0.1, -0.05) is 97.6 Å². The number of allylic oxidation sites excluding steroid dienone is 8. The van der Waals surface area contributed by atoms with Gasteiger partial charge in [0.05, 0.1) is 5.52 Å². The standard InChI is InChI=1S/C39H34BN3/c1-5-7-18-28(3)41-35-26-17-27-36-38(35)40(33(24-8-6-2)29(4)42(36)30-19-11-9-12-20-30)37-32-23-15-16-25-34(32)43(39(37)41)31-21-13-10-14-22-31/h5-27H,4H2,1-3H3/b7-5-,8-6-,28-18+,33-24+. The van der Waals surface area contributed by atoms with Crippen LogP contribution in [0.25, 0.3) is 16.6 Å². The third-order valence-corrected chi connectivity index (χ3v) is 8.51. The van der Waals surface area contributed by atoms with Crippen molar-refractivity contribution in [2.24, 2.45) is 0 Å². The van der Waals surface area contributed by atoms with Crippen LogP contribution >= 0.6 is 0 Å². The maximum Gasteiger partial charge on any atom is 0.255 e. The van der Waals surface area contributed by atoms with Gasteiger partial charge in [-0.3, -0.25) is 4.57 Å². The molecule has 4 aromatic carbocycles. The highest BCUT2D eigenvalue weighted by Gasteiger charge is 2.46. The van der Waals surface area contributed by atoms with Crippen molar-refractivity contribution in [3.63, 3.8) is 0 Å². The zero-order chi connectivity index (χ0) is 29.5. The lowest BCUT2D eigenvalue weighted by molar-refractivity contribution is 1.03. The minimum Gasteiger partial charge on any atom is -0.312 e. The molecule has 3 heterocycles. The van der Waals surface area contributed by atoms with E-state index in [9.17, 15) is 0 Å². The number of hydrogen-bond acceptors (Lipinski definition) is 2. The van der Waals surface area contributed by atoms with Crippen LogP contribution in [0.15, 0.2) is 163 Å². The molecule has 0 saturated heterocycles. The molecule has 0 amide bonds. The second-order valence-electron chi connectivity index (χ2n) is 11.0. The number of benzene rings is 4. The van der Waals surface area contributed by atoms with Gasteiger partial charge in [0.2, 0.25) is 0 Å². The summed E-state index contributed by atoms with van der Waals surface area (Å²) in [6.07, 6.45) is 12.9. The molecule has 0 N–H and O–H groups in total. The van der Waals surface area contributed by atoms with Crippen molar-refractivity contribution in [3.05, 3.63) is 163 Å². The molecule has 0 aliphatic carbocycles. The summed E-state index contributed by atoms with van der Waals surface area (Å²) in [5, 5.41) is 1.25. The highest BCUT2D eigenvalue weighted by molar-refractivity contribution is 6.97. The van der Waals surface area contributed by atoms with Gasteiger partial charge in [0, 0.05) is 34.1 Å². The van der Waals surface area contributed by atoms with Gasteiger partial charge < -0.3 is 9.80 Å². The third kappa shape index (κ3) is 4.13. The Morgan fingerprint density at radius 1 is 0.698 bits per heavy atom. The van der Waals surface area contributed by atoms with Crippen molar-refractivity contribution in [2.75, 3.05) is 9.80 Å². The van der Waals surface area contributed by atoms with E-state index in [0.717, 1.165) is 22.8 Å². The SMILES string of the molecule is C=C1/C(=C\C=C/C)B2c3c(cccc3N(/C(C)=C/C=C\C)c3c2c2ccccc2n3-c2ccccc2)N1c1ccccc1. The van der Waals surface area contributed by atoms with E-state index in [1.165, 1.54) is 44.5 Å². The Morgan fingerprint density at radius 2 is 1.35 bits per heavy atom. The van der Waals surface area contributed by atoms with E-state index in [0.29, 0.717) is 0 Å². The number of anilines is 4. The van der Waals surface area contributed by atoms with Crippen LogP contribution in [0.5, 0.6) is 0 Å². The first kappa shape index (κ1) is 26.7. The zero-order valence-corrected chi connectivity index (χ0v) is 24.9. The van der Waals surface area contributed by atoms with Gasteiger partial charge in [0.25, 0.3) is 6.71 Å². The fraction of sp³-hybridized carbons (Fsp3) is 0.0769. The van der Waals surface area contributed by atoms with Crippen LogP contribution < -0.4 is 20.7 Å². The van der Waals surface area contributed by atoms with Crippen molar-refractivity contribution in [1.82, 2.24) is 4.57 Å². The molecule has 0 atom stereocenters. The number of fused-ring (bicyclic) bond motifs is 4. The summed E-state index contributed by atoms with van der Waals surface area (Å²) in [6.45, 7) is 11.1. The smallest absolute Gasteiger partial charge is 0.255 e. The molecule has 2 aliphatic heterocycles. The van der Waals surface area contributed by atoms with E-state index in [2.05, 4.69) is 175 Å². The van der Waals surface area contributed by atoms with E-state index >= 15 is 0 Å². The van der Waals surface area contributed by atoms with Crippen LogP contribution in [0, 0.1) is 0 Å². The Bertz CT molecular complexity index is 1980. The Morgan fingerprint density at radius 3 is 2.07 bits per heavy atom. The molecule has 1 aromatic heterocycles. The molecule has 2 aliphatic rings. The summed E-state index contributed by atoms with van der Waals surface area (Å²) < 4.78 is 2.44. The first-order chi connectivity index (χ1) is 21.2. The lowest BCUT2D eigenvalue weighted by atomic mass is 9.32. The van der Waals surface area contributed by atoms with E-state index in [1.54, 1.807) is 0 Å². The number of hydrogen-bond donors (Lipinski definition) is 0. The van der Waals surface area contributed by atoms with Crippen LogP contribution in [0.4, 0.5) is 22.9 Å². The van der Waals surface area contributed by atoms with Crippen LogP contribution in [0.3, 0.4) is 0 Å². The molecular weight excluding hydrogens is 521 g/mol. The second-order valence-corrected chi connectivity index (χ2v) is 11.0. The molecule has 0 saturated carbocycles. The third-order valence-electron chi connectivity index (χ3n) is 8.51. The predicted molar refractivity (Wildman–Crippen MR) is 186 cm³/mol. The Kier molecular flexibility index (Phi) is 6.75. The highest BCUT2D eigenvalue weighted by atomic mass is 15.3. The van der Waals surface area contributed by atoms with Gasteiger partial charge in [0.15, 0.2) is 0 Å². The van der Waals surface area contributed by atoms with Gasteiger partial charge in [-0.25, -0.2) is 0 Å². The minimum atomic E-state index is 0.00508. The van der Waals surface area contributed by atoms with E-state index < -0.39 is 0 Å². The summed E-state index contributed by atoms with van der Waals surface area (Å²) >= 11 is 0. The second kappa shape index (κ2) is 10.9. The van der Waals surface area contributed by atoms with Gasteiger partial charge >= 0.3 is 0 Å². The van der Waals surface area contributed by atoms with Crippen LogP contribution in [-0.4, -0.2) is 11.3 Å². The molecule has 7 rings (SSSR count). The number of nitrogens with zero attached hydrogens (tertiary/aromatic N) is 3. The predicted octanol–water partition coefficient (Wildman–Crippen LogP) is 8.88. The average Bonchev–Trinajstić information content (AvgIpc) is 3.39. The molecule has 3 nitrogen and oxygen atoms in total. The molecule has 0 bridgehead atoms. The van der Waals surface area contributed by atoms with E-state index in [1.807, 2.05) is 0 Å². The molecule has 4 heteroatoms. The van der Waals surface area contributed by atoms with Crippen molar-refractivity contribution in [3.8, 4) is 5.69 Å². The topological polar surface area (TPSA) is 11.4 Å². The average molecular weight is 556 g/mol. The maximum absolute atomic E-state index is 4.75. The van der Waals surface area contributed by atoms with Gasteiger partial charge in [-0.05, 0) is 91.1 Å². The van der Waals surface area contributed by atoms with Crippen LogP contribution in [0.2, 0.25) is 0 Å². The lowest BCUT2D eigenvalue weighted by Gasteiger charge is -2.44. The van der Waals surface area contributed by atoms with Gasteiger partial charge in [-0.2, -0.15) is 0 Å². The van der Waals surface area contributed by atoms with Crippen molar-refractivity contribution in [2.45, 2.75) is 20.8 Å². The quantitative estimate of drug-likeness (QED) is 0.159. The normalized spacial score (nSPS) is 15.7. The minimum absolute atomic E-state index is 0.00508. The molecule has 43 heavy (non-hydrogen) atoms. The molecule has 0 spiro atoms. The van der Waals surface area contributed by atoms with Gasteiger partial charge in [-0.15, -0.1) is 0 Å². The number of rotatable bonds is 5. The molecular formula is C39H34BN3. The summed E-state index contributed by atoms with van der Waals surface area (Å²) in [7, 11) is 0. The molecule has 0 fully saturated rings. The molecule has 5 aromatic rings. The van der Waals surface area contributed by atoms with Gasteiger partial charge in [0.1, 0.15) is 5.82 Å². The fourth-order valence-electron chi connectivity index (χ4n) is 6.76. The van der Waals surface area contributed by atoms with Crippen molar-refractivity contribution < 1.29 is 0 Å². The Balaban J connectivity index is 1.66. The Hall–Kier alpha value is -5.22. The fourth-order valence-corrected chi connectivity index (χ4v) is 6.76. The number of para-hydroxylation sites is 3. The van der Waals surface area contributed by atoms with E-state index in [-0.39, 0.29) is 6.71 Å². The Labute approximate surface area is 254 Å². The summed E-state index contributed by atoms with van der Waals surface area (Å²) in [4.78, 5) is 4.79.